The van der Waals surface area contributed by atoms with Crippen LogP contribution in [0.3, 0.4) is 0 Å². The number of halogens is 1. The topological polar surface area (TPSA) is 92.1 Å². The first-order valence-electron chi connectivity index (χ1n) is 8.23. The Hall–Kier alpha value is -2.87. The molecule has 0 aliphatic carbocycles. The summed E-state index contributed by atoms with van der Waals surface area (Å²) in [5, 5.41) is 15.6. The summed E-state index contributed by atoms with van der Waals surface area (Å²) in [5.74, 6) is 1.49. The molecule has 0 saturated heterocycles. The first-order chi connectivity index (χ1) is 12.7. The van der Waals surface area contributed by atoms with Crippen molar-refractivity contribution >= 4 is 34.4 Å². The summed E-state index contributed by atoms with van der Waals surface area (Å²) in [6.07, 6.45) is 3.29. The average molecular weight is 373 g/mol. The molecule has 0 unspecified atom stereocenters. The van der Waals surface area contributed by atoms with Gasteiger partial charge in [0.15, 0.2) is 11.6 Å². The largest absolute Gasteiger partial charge is 0.368 e. The van der Waals surface area contributed by atoms with Crippen LogP contribution in [0.5, 0.6) is 0 Å². The van der Waals surface area contributed by atoms with Crippen molar-refractivity contribution in [3.05, 3.63) is 47.4 Å². The third-order valence-corrected chi connectivity index (χ3v) is 4.05. The first-order valence-corrected chi connectivity index (χ1v) is 8.60. The molecule has 136 valence electrons. The van der Waals surface area contributed by atoms with Gasteiger partial charge in [-0.1, -0.05) is 23.7 Å². The Bertz CT molecular complexity index is 905. The maximum absolute atomic E-state index is 6.00. The number of hydrogen-bond donors (Lipinski definition) is 3. The van der Waals surface area contributed by atoms with Gasteiger partial charge >= 0.3 is 0 Å². The predicted octanol–water partition coefficient (Wildman–Crippen LogP) is 1.79. The lowest BCUT2D eigenvalue weighted by Gasteiger charge is -2.13. The van der Waals surface area contributed by atoms with Crippen molar-refractivity contribution in [2.24, 2.45) is 12.0 Å². The van der Waals surface area contributed by atoms with Crippen LogP contribution in [0.2, 0.25) is 5.02 Å². The van der Waals surface area contributed by atoms with E-state index < -0.39 is 0 Å². The molecule has 0 aliphatic rings. The molecule has 0 amide bonds. The molecule has 3 N–H and O–H groups in total. The molecule has 1 aromatic carbocycles. The summed E-state index contributed by atoms with van der Waals surface area (Å²) in [7, 11) is 3.60. The van der Waals surface area contributed by atoms with Crippen LogP contribution >= 0.6 is 11.6 Å². The third kappa shape index (κ3) is 4.40. The maximum Gasteiger partial charge on any atom is 0.191 e. The number of benzene rings is 1. The number of rotatable bonds is 6. The van der Waals surface area contributed by atoms with Crippen molar-refractivity contribution in [1.82, 2.24) is 30.4 Å². The molecule has 0 atom stereocenters. The van der Waals surface area contributed by atoms with E-state index in [-0.39, 0.29) is 0 Å². The van der Waals surface area contributed by atoms with Crippen molar-refractivity contribution in [2.75, 3.05) is 25.5 Å². The summed E-state index contributed by atoms with van der Waals surface area (Å²) >= 11 is 6.00. The fourth-order valence-electron chi connectivity index (χ4n) is 2.52. The quantitative estimate of drug-likeness (QED) is 0.347. The molecule has 8 nitrogen and oxygen atoms in total. The van der Waals surface area contributed by atoms with Crippen molar-refractivity contribution in [1.29, 1.82) is 0 Å². The van der Waals surface area contributed by atoms with Crippen LogP contribution in [0, 0.1) is 0 Å². The van der Waals surface area contributed by atoms with Gasteiger partial charge in [0.1, 0.15) is 12.1 Å². The van der Waals surface area contributed by atoms with Crippen LogP contribution in [0.1, 0.15) is 5.56 Å². The summed E-state index contributed by atoms with van der Waals surface area (Å²) in [6, 6.07) is 7.73. The molecule has 0 bridgehead atoms. The highest BCUT2D eigenvalue weighted by Crippen LogP contribution is 2.17. The molecule has 0 spiro atoms. The van der Waals surface area contributed by atoms with Gasteiger partial charge in [-0.15, -0.1) is 0 Å². The molecule has 26 heavy (non-hydrogen) atoms. The number of fused-ring (bicyclic) bond motifs is 1. The summed E-state index contributed by atoms with van der Waals surface area (Å²) < 4.78 is 1.72. The van der Waals surface area contributed by atoms with E-state index in [2.05, 4.69) is 36.0 Å². The summed E-state index contributed by atoms with van der Waals surface area (Å²) in [4.78, 5) is 12.7. The van der Waals surface area contributed by atoms with Crippen molar-refractivity contribution in [3.8, 4) is 0 Å². The Balaban J connectivity index is 1.47. The Morgan fingerprint density at radius 3 is 2.92 bits per heavy atom. The van der Waals surface area contributed by atoms with Crippen LogP contribution in [0.25, 0.3) is 11.0 Å². The lowest BCUT2D eigenvalue weighted by atomic mass is 10.2. The van der Waals surface area contributed by atoms with E-state index in [4.69, 9.17) is 11.6 Å². The van der Waals surface area contributed by atoms with Crippen LogP contribution in [-0.4, -0.2) is 45.8 Å². The number of anilines is 1. The number of aryl methyl sites for hydroxylation is 1. The van der Waals surface area contributed by atoms with Gasteiger partial charge in [-0.3, -0.25) is 9.67 Å². The molecular formula is C17H21ClN8. The van der Waals surface area contributed by atoms with E-state index in [9.17, 15) is 0 Å². The molecule has 0 saturated carbocycles. The molecule has 0 fully saturated rings. The number of nitrogens with zero attached hydrogens (tertiary/aromatic N) is 5. The lowest BCUT2D eigenvalue weighted by Crippen LogP contribution is -2.39. The Kier molecular flexibility index (Phi) is 5.85. The molecule has 0 aliphatic heterocycles. The lowest BCUT2D eigenvalue weighted by molar-refractivity contribution is 0.785. The van der Waals surface area contributed by atoms with Gasteiger partial charge in [0, 0.05) is 38.8 Å². The standard InChI is InChI=1S/C17H21ClN8/c1-19-17(22-9-12-4-3-5-13(18)8-12)21-7-6-20-15-14-10-25-26(2)16(14)24-11-23-15/h3-5,8,10-11H,6-7,9H2,1-2H3,(H2,19,21,22)(H,20,23,24). The number of aliphatic imine (C=N–C) groups is 1. The van der Waals surface area contributed by atoms with E-state index in [1.54, 1.807) is 17.9 Å². The summed E-state index contributed by atoms with van der Waals surface area (Å²) in [6.45, 7) is 2.01. The Morgan fingerprint density at radius 2 is 2.12 bits per heavy atom. The molecule has 2 heterocycles. The minimum Gasteiger partial charge on any atom is -0.368 e. The van der Waals surface area contributed by atoms with Gasteiger partial charge in [0.25, 0.3) is 0 Å². The molecule has 3 rings (SSSR count). The molecule has 0 radical (unpaired) electrons. The van der Waals surface area contributed by atoms with Gasteiger partial charge in [-0.05, 0) is 17.7 Å². The Labute approximate surface area is 156 Å². The van der Waals surface area contributed by atoms with E-state index in [1.165, 1.54) is 6.33 Å². The van der Waals surface area contributed by atoms with Gasteiger partial charge in [-0.2, -0.15) is 5.10 Å². The SMILES string of the molecule is CN=C(NCCNc1ncnc2c1cnn2C)NCc1cccc(Cl)c1. The van der Waals surface area contributed by atoms with E-state index >= 15 is 0 Å². The zero-order chi connectivity index (χ0) is 18.4. The minimum atomic E-state index is 0.649. The molecule has 2 aromatic heterocycles. The molecule has 9 heteroatoms. The second-order valence-electron chi connectivity index (χ2n) is 5.64. The number of nitrogens with one attached hydrogen (secondary N) is 3. The normalized spacial score (nSPS) is 11.6. The fourth-order valence-corrected chi connectivity index (χ4v) is 2.73. The second kappa shape index (κ2) is 8.48. The zero-order valence-electron chi connectivity index (χ0n) is 14.7. The molecular weight excluding hydrogens is 352 g/mol. The zero-order valence-corrected chi connectivity index (χ0v) is 15.5. The summed E-state index contributed by atoms with van der Waals surface area (Å²) in [5.41, 5.74) is 1.90. The average Bonchev–Trinajstić information content (AvgIpc) is 3.03. The molecule has 3 aromatic rings. The van der Waals surface area contributed by atoms with Gasteiger partial charge in [0.2, 0.25) is 0 Å². The highest BCUT2D eigenvalue weighted by atomic mass is 35.5. The van der Waals surface area contributed by atoms with E-state index in [1.807, 2.05) is 31.3 Å². The van der Waals surface area contributed by atoms with Gasteiger partial charge in [0.05, 0.1) is 11.6 Å². The smallest absolute Gasteiger partial charge is 0.191 e. The minimum absolute atomic E-state index is 0.649. The fraction of sp³-hybridized carbons (Fsp3) is 0.294. The Morgan fingerprint density at radius 1 is 1.23 bits per heavy atom. The van der Waals surface area contributed by atoms with E-state index in [0.29, 0.717) is 19.6 Å². The van der Waals surface area contributed by atoms with Crippen molar-refractivity contribution in [2.45, 2.75) is 6.54 Å². The van der Waals surface area contributed by atoms with Crippen molar-refractivity contribution in [3.63, 3.8) is 0 Å². The predicted molar refractivity (Wildman–Crippen MR) is 104 cm³/mol. The third-order valence-electron chi connectivity index (χ3n) is 3.81. The number of aromatic nitrogens is 4. The van der Waals surface area contributed by atoms with Gasteiger partial charge < -0.3 is 16.0 Å². The number of hydrogen-bond acceptors (Lipinski definition) is 5. The monoisotopic (exact) mass is 372 g/mol. The van der Waals surface area contributed by atoms with Gasteiger partial charge in [-0.25, -0.2) is 9.97 Å². The second-order valence-corrected chi connectivity index (χ2v) is 6.07. The van der Waals surface area contributed by atoms with E-state index in [0.717, 1.165) is 33.4 Å². The van der Waals surface area contributed by atoms with Crippen LogP contribution in [0.4, 0.5) is 5.82 Å². The van der Waals surface area contributed by atoms with Crippen molar-refractivity contribution < 1.29 is 0 Å². The first kappa shape index (κ1) is 17.9. The van der Waals surface area contributed by atoms with Crippen LogP contribution in [0.15, 0.2) is 41.8 Å². The highest BCUT2D eigenvalue weighted by molar-refractivity contribution is 6.30. The highest BCUT2D eigenvalue weighted by Gasteiger charge is 2.07. The van der Waals surface area contributed by atoms with Crippen LogP contribution in [-0.2, 0) is 13.6 Å². The number of guanidine groups is 1. The van der Waals surface area contributed by atoms with Crippen LogP contribution < -0.4 is 16.0 Å². The maximum atomic E-state index is 6.00.